The van der Waals surface area contributed by atoms with Gasteiger partial charge in [0.2, 0.25) is 0 Å². The molecule has 1 heteroatoms. The van der Waals surface area contributed by atoms with Crippen molar-refractivity contribution in [1.82, 2.24) is 0 Å². The van der Waals surface area contributed by atoms with Crippen LogP contribution in [-0.2, 0) is 0 Å². The van der Waals surface area contributed by atoms with Gasteiger partial charge in [0, 0.05) is 0 Å². The molecule has 0 heterocycles. The van der Waals surface area contributed by atoms with E-state index in [0.717, 1.165) is 16.9 Å². The first-order chi connectivity index (χ1) is 4.70. The molecule has 0 unspecified atom stereocenters. The summed E-state index contributed by atoms with van der Waals surface area (Å²) in [6.45, 7) is 9.75. The zero-order valence-electron chi connectivity index (χ0n) is 6.68. The van der Waals surface area contributed by atoms with Crippen LogP contribution in [0.1, 0.15) is 13.3 Å². The Kier molecular flexibility index (Phi) is 5.13. The first-order valence-corrected chi connectivity index (χ1v) is 4.52. The summed E-state index contributed by atoms with van der Waals surface area (Å²) in [5, 5.41) is 0. The smallest absolute Gasteiger partial charge is 0.000276 e. The molecule has 10 heavy (non-hydrogen) atoms. The van der Waals surface area contributed by atoms with Crippen LogP contribution in [0.15, 0.2) is 35.8 Å². The summed E-state index contributed by atoms with van der Waals surface area (Å²) in [5.74, 6) is 0. The van der Waals surface area contributed by atoms with Crippen molar-refractivity contribution >= 4 is 11.8 Å². The van der Waals surface area contributed by atoms with E-state index in [2.05, 4.69) is 20.1 Å². The summed E-state index contributed by atoms with van der Waals surface area (Å²) in [6, 6.07) is 0. The number of allylic oxidation sites excluding steroid dienone is 3. The molecule has 0 aliphatic rings. The Labute approximate surface area is 67.7 Å². The molecule has 0 bridgehead atoms. The molecule has 0 atom stereocenters. The number of hydrogen-bond donors (Lipinski definition) is 0. The van der Waals surface area contributed by atoms with Crippen molar-refractivity contribution in [3.8, 4) is 0 Å². The molecule has 56 valence electrons. The molecule has 0 aromatic rings. The van der Waals surface area contributed by atoms with Crippen molar-refractivity contribution in [3.63, 3.8) is 0 Å². The highest BCUT2D eigenvalue weighted by Gasteiger charge is 1.83. The van der Waals surface area contributed by atoms with Gasteiger partial charge in [0.05, 0.1) is 0 Å². The molecule has 0 nitrogen and oxygen atoms in total. The topological polar surface area (TPSA) is 0 Å². The molecule has 0 N–H and O–H groups in total. The maximum absolute atomic E-state index is 3.84. The van der Waals surface area contributed by atoms with E-state index >= 15 is 0 Å². The Morgan fingerprint density at radius 2 is 2.00 bits per heavy atom. The Morgan fingerprint density at radius 3 is 2.40 bits per heavy atom. The summed E-state index contributed by atoms with van der Waals surface area (Å²) >= 11 is 1.65. The lowest BCUT2D eigenvalue weighted by Gasteiger charge is -1.92. The van der Waals surface area contributed by atoms with Gasteiger partial charge in [0.15, 0.2) is 0 Å². The third-order valence-corrected chi connectivity index (χ3v) is 1.88. The molecule has 0 spiro atoms. The molecule has 0 saturated carbocycles. The molecule has 0 aromatic heterocycles. The highest BCUT2D eigenvalue weighted by Crippen LogP contribution is 2.11. The van der Waals surface area contributed by atoms with Crippen LogP contribution >= 0.6 is 11.8 Å². The fraction of sp³-hybridized carbons (Fsp3) is 0.333. The minimum Gasteiger partial charge on any atom is -0.130 e. The van der Waals surface area contributed by atoms with E-state index in [1.807, 2.05) is 18.4 Å². The van der Waals surface area contributed by atoms with Gasteiger partial charge in [-0.15, -0.1) is 11.8 Å². The van der Waals surface area contributed by atoms with Gasteiger partial charge in [-0.05, 0) is 23.7 Å². The monoisotopic (exact) mass is 154 g/mol. The molecule has 0 aliphatic carbocycles. The van der Waals surface area contributed by atoms with E-state index in [1.54, 1.807) is 11.8 Å². The van der Waals surface area contributed by atoms with Crippen LogP contribution in [0, 0.1) is 0 Å². The predicted molar refractivity (Wildman–Crippen MR) is 51.2 cm³/mol. The average molecular weight is 154 g/mol. The SMILES string of the molecule is C=C(/C=C\C(=C)SC)CC. The fourth-order valence-corrected chi connectivity index (χ4v) is 0.601. The van der Waals surface area contributed by atoms with Crippen LogP contribution in [-0.4, -0.2) is 6.26 Å². The third kappa shape index (κ3) is 4.45. The third-order valence-electron chi connectivity index (χ3n) is 1.22. The van der Waals surface area contributed by atoms with Crippen molar-refractivity contribution in [2.75, 3.05) is 6.26 Å². The quantitative estimate of drug-likeness (QED) is 0.559. The highest BCUT2D eigenvalue weighted by molar-refractivity contribution is 8.02. The Balaban J connectivity index is 3.75. The highest BCUT2D eigenvalue weighted by atomic mass is 32.2. The molecule has 0 amide bonds. The standard InChI is InChI=1S/C9H14S/c1-5-8(2)6-7-9(3)10-4/h6-7H,2-3,5H2,1,4H3/b7-6-. The molecular formula is C9H14S. The average Bonchev–Trinajstić information content (AvgIpc) is 1.99. The zero-order valence-corrected chi connectivity index (χ0v) is 7.50. The first kappa shape index (κ1) is 9.57. The van der Waals surface area contributed by atoms with E-state index in [9.17, 15) is 0 Å². The number of hydrogen-bond acceptors (Lipinski definition) is 1. The van der Waals surface area contributed by atoms with Crippen molar-refractivity contribution in [3.05, 3.63) is 35.8 Å². The van der Waals surface area contributed by atoms with Gasteiger partial charge in [-0.25, -0.2) is 0 Å². The Hall–Kier alpha value is -0.430. The van der Waals surface area contributed by atoms with Crippen LogP contribution in [0.25, 0.3) is 0 Å². The van der Waals surface area contributed by atoms with Gasteiger partial charge in [-0.1, -0.05) is 31.7 Å². The minimum atomic E-state index is 1.01. The molecule has 0 saturated heterocycles. The van der Waals surface area contributed by atoms with Gasteiger partial charge in [-0.3, -0.25) is 0 Å². The first-order valence-electron chi connectivity index (χ1n) is 3.29. The van der Waals surface area contributed by atoms with Crippen LogP contribution in [0.2, 0.25) is 0 Å². The van der Waals surface area contributed by atoms with Gasteiger partial charge < -0.3 is 0 Å². The summed E-state index contributed by atoms with van der Waals surface area (Å²) in [6.07, 6.45) is 7.04. The van der Waals surface area contributed by atoms with Crippen molar-refractivity contribution in [2.45, 2.75) is 13.3 Å². The maximum Gasteiger partial charge on any atom is -0.000276 e. The minimum absolute atomic E-state index is 1.01. The molecule has 0 aromatic carbocycles. The van der Waals surface area contributed by atoms with E-state index < -0.39 is 0 Å². The number of thioether (sulfide) groups is 1. The second kappa shape index (κ2) is 5.36. The van der Waals surface area contributed by atoms with Gasteiger partial charge >= 0.3 is 0 Å². The van der Waals surface area contributed by atoms with Crippen molar-refractivity contribution in [1.29, 1.82) is 0 Å². The van der Waals surface area contributed by atoms with Gasteiger partial charge in [0.25, 0.3) is 0 Å². The molecule has 0 fully saturated rings. The van der Waals surface area contributed by atoms with E-state index in [0.29, 0.717) is 0 Å². The molecule has 0 aliphatic heterocycles. The van der Waals surface area contributed by atoms with Crippen LogP contribution in [0.5, 0.6) is 0 Å². The lowest BCUT2D eigenvalue weighted by molar-refractivity contribution is 1.16. The lowest BCUT2D eigenvalue weighted by atomic mass is 10.2. The second-order valence-electron chi connectivity index (χ2n) is 2.02. The van der Waals surface area contributed by atoms with Gasteiger partial charge in [-0.2, -0.15) is 0 Å². The van der Waals surface area contributed by atoms with Crippen LogP contribution in [0.4, 0.5) is 0 Å². The largest absolute Gasteiger partial charge is 0.130 e. The molecular weight excluding hydrogens is 140 g/mol. The molecule has 0 radical (unpaired) electrons. The van der Waals surface area contributed by atoms with E-state index in [-0.39, 0.29) is 0 Å². The van der Waals surface area contributed by atoms with Crippen molar-refractivity contribution < 1.29 is 0 Å². The Bertz CT molecular complexity index is 136. The summed E-state index contributed by atoms with van der Waals surface area (Å²) < 4.78 is 0. The van der Waals surface area contributed by atoms with Crippen molar-refractivity contribution in [2.24, 2.45) is 0 Å². The second-order valence-corrected chi connectivity index (χ2v) is 2.95. The maximum atomic E-state index is 3.84. The summed E-state index contributed by atoms with van der Waals surface area (Å²) in [5.41, 5.74) is 1.15. The Morgan fingerprint density at radius 1 is 1.40 bits per heavy atom. The predicted octanol–water partition coefficient (Wildman–Crippen LogP) is 3.39. The van der Waals surface area contributed by atoms with E-state index in [4.69, 9.17) is 0 Å². The van der Waals surface area contributed by atoms with Crippen LogP contribution < -0.4 is 0 Å². The number of rotatable bonds is 4. The lowest BCUT2D eigenvalue weighted by Crippen LogP contribution is -1.69. The van der Waals surface area contributed by atoms with Crippen LogP contribution in [0.3, 0.4) is 0 Å². The van der Waals surface area contributed by atoms with E-state index in [1.165, 1.54) is 0 Å². The van der Waals surface area contributed by atoms with Gasteiger partial charge in [0.1, 0.15) is 0 Å². The molecule has 0 rings (SSSR count). The summed E-state index contributed by atoms with van der Waals surface area (Å²) in [7, 11) is 0. The zero-order chi connectivity index (χ0) is 7.98. The normalized spacial score (nSPS) is 10.2. The fourth-order valence-electron chi connectivity index (χ4n) is 0.397. The summed E-state index contributed by atoms with van der Waals surface area (Å²) in [4.78, 5) is 1.08.